The molecule has 1 N–H and O–H groups in total. The Hall–Kier alpha value is -4.83. The van der Waals surface area contributed by atoms with Gasteiger partial charge in [-0.2, -0.15) is 5.10 Å². The van der Waals surface area contributed by atoms with Gasteiger partial charge in [0.2, 0.25) is 5.91 Å². The first kappa shape index (κ1) is 27.3. The second-order valence-electron chi connectivity index (χ2n) is 11.1. The van der Waals surface area contributed by atoms with Crippen LogP contribution in [0.2, 0.25) is 0 Å². The zero-order chi connectivity index (χ0) is 29.1. The fraction of sp³-hybridized carbons (Fsp3) is 0.286. The van der Waals surface area contributed by atoms with Crippen molar-refractivity contribution < 1.29 is 4.79 Å². The van der Waals surface area contributed by atoms with Gasteiger partial charge in [0.1, 0.15) is 0 Å². The number of terminal acetylenes is 1. The topological polar surface area (TPSA) is 66.3 Å². The number of benzene rings is 2. The van der Waals surface area contributed by atoms with Gasteiger partial charge in [-0.05, 0) is 54.7 Å². The van der Waals surface area contributed by atoms with E-state index in [2.05, 4.69) is 81.3 Å². The predicted molar refractivity (Wildman–Crippen MR) is 172 cm³/mol. The number of carbonyl (C=O) groups is 1. The maximum Gasteiger partial charge on any atom is 0.248 e. The van der Waals surface area contributed by atoms with Crippen LogP contribution < -0.4 is 15.1 Å². The third kappa shape index (κ3) is 5.53. The molecular weight excluding hydrogens is 520 g/mol. The van der Waals surface area contributed by atoms with E-state index in [1.807, 2.05) is 30.3 Å². The number of hydrogen-bond donors (Lipinski definition) is 1. The number of aromatic nitrogens is 3. The molecule has 2 aromatic heterocycles. The molecular formula is C35H36N6O. The van der Waals surface area contributed by atoms with Crippen LogP contribution in [0.25, 0.3) is 28.1 Å². The van der Waals surface area contributed by atoms with E-state index in [1.165, 1.54) is 11.3 Å². The molecule has 4 aromatic rings. The SMILES string of the molecule is C#CCCCCCNC(=O)C(=C)CN1CCc2ccc(N3CC=Cc4cnc5ccc(-c6cnn(C)c6)cc5c43)cc21. The second-order valence-corrected chi connectivity index (χ2v) is 11.1. The lowest BCUT2D eigenvalue weighted by molar-refractivity contribution is -0.117. The number of fused-ring (bicyclic) bond motifs is 4. The summed E-state index contributed by atoms with van der Waals surface area (Å²) in [6.45, 7) is 6.91. The van der Waals surface area contributed by atoms with E-state index in [1.54, 1.807) is 0 Å². The average molecular weight is 557 g/mol. The highest BCUT2D eigenvalue weighted by atomic mass is 16.1. The first-order valence-electron chi connectivity index (χ1n) is 14.6. The summed E-state index contributed by atoms with van der Waals surface area (Å²) in [5.41, 5.74) is 9.58. The van der Waals surface area contributed by atoms with Crippen LogP contribution in [0.5, 0.6) is 0 Å². The van der Waals surface area contributed by atoms with Crippen LogP contribution in [-0.4, -0.2) is 46.9 Å². The Kier molecular flexibility index (Phi) is 7.78. The van der Waals surface area contributed by atoms with E-state index in [0.29, 0.717) is 18.7 Å². The number of hydrogen-bond acceptors (Lipinski definition) is 5. The number of aryl methyl sites for hydroxylation is 1. The maximum absolute atomic E-state index is 12.7. The summed E-state index contributed by atoms with van der Waals surface area (Å²) in [4.78, 5) is 22.1. The van der Waals surface area contributed by atoms with Crippen molar-refractivity contribution in [3.63, 3.8) is 0 Å². The van der Waals surface area contributed by atoms with E-state index in [9.17, 15) is 4.79 Å². The van der Waals surface area contributed by atoms with Crippen LogP contribution in [-0.2, 0) is 18.3 Å². The van der Waals surface area contributed by atoms with Gasteiger partial charge in [0.25, 0.3) is 0 Å². The molecule has 2 aliphatic heterocycles. The Bertz CT molecular complexity index is 1730. The van der Waals surface area contributed by atoms with Crippen LogP contribution in [0.15, 0.2) is 73.2 Å². The summed E-state index contributed by atoms with van der Waals surface area (Å²) < 4.78 is 1.82. The highest BCUT2D eigenvalue weighted by Gasteiger charge is 2.25. The standard InChI is InChI=1S/C35H36N6O/c1-4-5-6-7-8-16-36-35(42)25(2)23-40-18-15-26-11-13-30(20-33(26)40)41-17-9-10-28-21-37-32-14-12-27(19-31(32)34(28)41)29-22-38-39(3)24-29/h1,9-14,19-22,24H,2,5-8,15-18,23H2,3H3,(H,36,42). The van der Waals surface area contributed by atoms with Crippen molar-refractivity contribution in [1.82, 2.24) is 20.1 Å². The van der Waals surface area contributed by atoms with Crippen molar-refractivity contribution in [1.29, 1.82) is 0 Å². The Morgan fingerprint density at radius 3 is 2.86 bits per heavy atom. The van der Waals surface area contributed by atoms with E-state index in [0.717, 1.165) is 84.2 Å². The maximum atomic E-state index is 12.7. The van der Waals surface area contributed by atoms with Gasteiger partial charge in [-0.3, -0.25) is 14.5 Å². The minimum atomic E-state index is -0.0740. The molecule has 1 amide bonds. The van der Waals surface area contributed by atoms with Crippen LogP contribution in [0.3, 0.4) is 0 Å². The Morgan fingerprint density at radius 1 is 1.12 bits per heavy atom. The normalized spacial score (nSPS) is 13.6. The molecule has 7 heteroatoms. The van der Waals surface area contributed by atoms with E-state index in [-0.39, 0.29) is 5.91 Å². The summed E-state index contributed by atoms with van der Waals surface area (Å²) in [5.74, 6) is 2.59. The number of rotatable bonds is 10. The largest absolute Gasteiger partial charge is 0.366 e. The molecule has 0 fully saturated rings. The third-order valence-corrected chi connectivity index (χ3v) is 8.12. The molecule has 4 heterocycles. The quantitative estimate of drug-likeness (QED) is 0.147. The van der Waals surface area contributed by atoms with Gasteiger partial charge in [0.15, 0.2) is 0 Å². The number of nitrogens with one attached hydrogen (secondary N) is 1. The highest BCUT2D eigenvalue weighted by molar-refractivity contribution is 6.01. The molecule has 0 saturated carbocycles. The minimum Gasteiger partial charge on any atom is -0.366 e. The predicted octanol–water partition coefficient (Wildman–Crippen LogP) is 6.03. The lowest BCUT2D eigenvalue weighted by Crippen LogP contribution is -2.32. The first-order chi connectivity index (χ1) is 20.5. The van der Waals surface area contributed by atoms with Crippen molar-refractivity contribution in [3.8, 4) is 23.5 Å². The summed E-state index contributed by atoms with van der Waals surface area (Å²) in [7, 11) is 1.93. The van der Waals surface area contributed by atoms with E-state index < -0.39 is 0 Å². The molecule has 212 valence electrons. The third-order valence-electron chi connectivity index (χ3n) is 8.12. The number of amides is 1. The number of unbranched alkanes of at least 4 members (excludes halogenated alkanes) is 3. The van der Waals surface area contributed by atoms with Crippen LogP contribution >= 0.6 is 0 Å². The molecule has 0 bridgehead atoms. The van der Waals surface area contributed by atoms with Gasteiger partial charge >= 0.3 is 0 Å². The van der Waals surface area contributed by atoms with Crippen LogP contribution in [0.1, 0.15) is 36.8 Å². The molecule has 0 unspecified atom stereocenters. The zero-order valence-corrected chi connectivity index (χ0v) is 24.1. The van der Waals surface area contributed by atoms with E-state index in [4.69, 9.17) is 11.4 Å². The lowest BCUT2D eigenvalue weighted by atomic mass is 10.00. The van der Waals surface area contributed by atoms with Gasteiger partial charge in [-0.25, -0.2) is 0 Å². The number of anilines is 3. The smallest absolute Gasteiger partial charge is 0.248 e. The fourth-order valence-electron chi connectivity index (χ4n) is 5.90. The number of nitrogens with zero attached hydrogens (tertiary/aromatic N) is 5. The number of carbonyl (C=O) groups excluding carboxylic acids is 1. The fourth-order valence-corrected chi connectivity index (χ4v) is 5.90. The molecule has 42 heavy (non-hydrogen) atoms. The van der Waals surface area contributed by atoms with Crippen molar-refractivity contribution >= 4 is 39.9 Å². The second kappa shape index (κ2) is 12.0. The van der Waals surface area contributed by atoms with Crippen molar-refractivity contribution in [2.75, 3.05) is 36.0 Å². The molecule has 2 aromatic carbocycles. The summed E-state index contributed by atoms with van der Waals surface area (Å²) >= 11 is 0. The minimum absolute atomic E-state index is 0.0740. The van der Waals surface area contributed by atoms with Crippen molar-refractivity contribution in [3.05, 3.63) is 84.3 Å². The molecule has 0 spiro atoms. The first-order valence-corrected chi connectivity index (χ1v) is 14.6. The van der Waals surface area contributed by atoms with Gasteiger partial charge in [0, 0.05) is 85.5 Å². The van der Waals surface area contributed by atoms with E-state index >= 15 is 0 Å². The van der Waals surface area contributed by atoms with Crippen LogP contribution in [0, 0.1) is 12.3 Å². The number of pyridine rings is 1. The lowest BCUT2D eigenvalue weighted by Gasteiger charge is -2.30. The Morgan fingerprint density at radius 2 is 2.02 bits per heavy atom. The molecule has 7 nitrogen and oxygen atoms in total. The molecule has 2 aliphatic rings. The summed E-state index contributed by atoms with van der Waals surface area (Å²) in [5, 5.41) is 8.49. The highest BCUT2D eigenvalue weighted by Crippen LogP contribution is 2.41. The van der Waals surface area contributed by atoms with Crippen molar-refractivity contribution in [2.45, 2.75) is 32.1 Å². The van der Waals surface area contributed by atoms with Gasteiger partial charge < -0.3 is 15.1 Å². The summed E-state index contributed by atoms with van der Waals surface area (Å²) in [6, 6.07) is 13.1. The average Bonchev–Trinajstić information content (AvgIpc) is 3.63. The molecule has 6 rings (SSSR count). The van der Waals surface area contributed by atoms with Gasteiger partial charge in [-0.15, -0.1) is 12.3 Å². The molecule has 0 saturated heterocycles. The molecule has 0 radical (unpaired) electrons. The molecule has 0 atom stereocenters. The van der Waals surface area contributed by atoms with Gasteiger partial charge in [0.05, 0.1) is 17.4 Å². The monoisotopic (exact) mass is 556 g/mol. The van der Waals surface area contributed by atoms with Crippen molar-refractivity contribution in [2.24, 2.45) is 7.05 Å². The zero-order valence-electron chi connectivity index (χ0n) is 24.1. The Labute approximate surface area is 247 Å². The van der Waals surface area contributed by atoms with Crippen LogP contribution in [0.4, 0.5) is 17.1 Å². The molecule has 0 aliphatic carbocycles. The Balaban J connectivity index is 1.23. The van der Waals surface area contributed by atoms with Gasteiger partial charge in [-0.1, -0.05) is 37.3 Å². The summed E-state index contributed by atoms with van der Waals surface area (Å²) in [6.07, 6.45) is 20.2.